The van der Waals surface area contributed by atoms with Crippen LogP contribution < -0.4 is 5.32 Å². The lowest BCUT2D eigenvalue weighted by Gasteiger charge is -2.38. The molecule has 1 aliphatic heterocycles. The van der Waals surface area contributed by atoms with Crippen molar-refractivity contribution in [3.63, 3.8) is 0 Å². The fourth-order valence-electron chi connectivity index (χ4n) is 2.89. The maximum absolute atomic E-state index is 12.7. The molecule has 0 saturated carbocycles. The molecule has 0 spiro atoms. The first kappa shape index (κ1) is 21.0. The molecule has 1 fully saturated rings. The number of hydrogen-bond acceptors (Lipinski definition) is 7. The monoisotopic (exact) mass is 390 g/mol. The number of morpholine rings is 1. The van der Waals surface area contributed by atoms with E-state index in [0.29, 0.717) is 11.8 Å². The van der Waals surface area contributed by atoms with Gasteiger partial charge in [-0.2, -0.15) is 0 Å². The summed E-state index contributed by atoms with van der Waals surface area (Å²) in [7, 11) is 1.68. The topological polar surface area (TPSA) is 135 Å². The van der Waals surface area contributed by atoms with Crippen LogP contribution >= 0.6 is 0 Å². The van der Waals surface area contributed by atoms with Crippen molar-refractivity contribution in [1.82, 2.24) is 20.4 Å². The highest BCUT2D eigenvalue weighted by molar-refractivity contribution is 5.86. The van der Waals surface area contributed by atoms with E-state index in [0.717, 1.165) is 11.1 Å². The van der Waals surface area contributed by atoms with E-state index >= 15 is 0 Å². The number of nitrogens with zero attached hydrogens (tertiary/aromatic N) is 3. The minimum absolute atomic E-state index is 0.109. The van der Waals surface area contributed by atoms with Crippen molar-refractivity contribution < 1.29 is 28.6 Å². The van der Waals surface area contributed by atoms with Gasteiger partial charge in [-0.25, -0.2) is 0 Å². The summed E-state index contributed by atoms with van der Waals surface area (Å²) in [6, 6.07) is 7.15. The van der Waals surface area contributed by atoms with Gasteiger partial charge in [-0.15, -0.1) is 10.2 Å². The van der Waals surface area contributed by atoms with Gasteiger partial charge in [-0.3, -0.25) is 14.4 Å². The number of rotatable bonds is 4. The van der Waals surface area contributed by atoms with Crippen LogP contribution in [-0.4, -0.2) is 58.2 Å². The van der Waals surface area contributed by atoms with E-state index in [9.17, 15) is 9.59 Å². The van der Waals surface area contributed by atoms with Gasteiger partial charge in [0.25, 0.3) is 12.4 Å². The summed E-state index contributed by atoms with van der Waals surface area (Å²) in [5.41, 5.74) is 1.87. The Balaban J connectivity index is 0.000000878. The lowest BCUT2D eigenvalue weighted by molar-refractivity contribution is -0.162. The standard InChI is InChI=1S/C17H20N4O4.CH2O2/c1-10-6-4-5-7-12(10)15-16(24-9-14(22)21(15)3)17(23)18-8-13-20-19-11(2)25-13;2-1-3/h4-7,15-16H,8-9H2,1-3H3,(H,18,23);1H,(H,2,3)/t15-,16+;/m1./s1. The molecule has 10 nitrogen and oxygen atoms in total. The van der Waals surface area contributed by atoms with Crippen molar-refractivity contribution in [3.8, 4) is 0 Å². The summed E-state index contributed by atoms with van der Waals surface area (Å²) < 4.78 is 10.8. The molecule has 1 saturated heterocycles. The Morgan fingerprint density at radius 1 is 1.36 bits per heavy atom. The van der Waals surface area contributed by atoms with E-state index in [1.54, 1.807) is 18.9 Å². The quantitative estimate of drug-likeness (QED) is 0.725. The molecule has 150 valence electrons. The van der Waals surface area contributed by atoms with Gasteiger partial charge in [-0.05, 0) is 18.1 Å². The first-order valence-corrected chi connectivity index (χ1v) is 8.46. The fraction of sp³-hybridized carbons (Fsp3) is 0.389. The highest BCUT2D eigenvalue weighted by Gasteiger charge is 2.40. The van der Waals surface area contributed by atoms with E-state index in [1.165, 1.54) is 0 Å². The number of carbonyl (C=O) groups excluding carboxylic acids is 2. The van der Waals surface area contributed by atoms with Gasteiger partial charge >= 0.3 is 0 Å². The summed E-state index contributed by atoms with van der Waals surface area (Å²) in [4.78, 5) is 34.7. The van der Waals surface area contributed by atoms with Crippen molar-refractivity contribution in [1.29, 1.82) is 0 Å². The van der Waals surface area contributed by atoms with E-state index in [-0.39, 0.29) is 31.4 Å². The molecule has 10 heteroatoms. The third kappa shape index (κ3) is 4.92. The van der Waals surface area contributed by atoms with Gasteiger partial charge < -0.3 is 24.5 Å². The number of carbonyl (C=O) groups is 3. The largest absolute Gasteiger partial charge is 0.483 e. The zero-order valence-corrected chi connectivity index (χ0v) is 15.8. The second-order valence-electron chi connectivity index (χ2n) is 6.08. The lowest BCUT2D eigenvalue weighted by atomic mass is 9.94. The molecule has 0 radical (unpaired) electrons. The summed E-state index contributed by atoms with van der Waals surface area (Å²) in [6.07, 6.45) is -0.812. The van der Waals surface area contributed by atoms with E-state index < -0.39 is 12.1 Å². The molecular formula is C18H22N4O6. The zero-order chi connectivity index (χ0) is 20.7. The molecular weight excluding hydrogens is 368 g/mol. The number of amides is 2. The Kier molecular flexibility index (Phi) is 7.21. The Hall–Kier alpha value is -3.27. The second kappa shape index (κ2) is 9.60. The molecule has 1 aromatic carbocycles. The normalized spacial score (nSPS) is 18.8. The van der Waals surface area contributed by atoms with Crippen LogP contribution in [-0.2, 0) is 25.7 Å². The number of likely N-dealkylation sites (N-methyl/N-ethyl adjacent to an activating group) is 1. The molecule has 0 bridgehead atoms. The number of carboxylic acid groups (broad SMARTS) is 1. The van der Waals surface area contributed by atoms with Gasteiger partial charge in [0.1, 0.15) is 6.61 Å². The van der Waals surface area contributed by atoms with Crippen molar-refractivity contribution in [3.05, 3.63) is 47.2 Å². The third-order valence-electron chi connectivity index (χ3n) is 4.23. The lowest BCUT2D eigenvalue weighted by Crippen LogP contribution is -2.53. The molecule has 1 aliphatic rings. The Morgan fingerprint density at radius 2 is 2.04 bits per heavy atom. The molecule has 28 heavy (non-hydrogen) atoms. The van der Waals surface area contributed by atoms with Gasteiger partial charge in [0.15, 0.2) is 6.10 Å². The average Bonchev–Trinajstić information content (AvgIpc) is 3.08. The SMILES string of the molecule is Cc1nnc(CNC(=O)[C@H]2OCC(=O)N(C)[C@@H]2c2ccccc2C)o1.O=CO. The molecule has 2 atom stereocenters. The maximum atomic E-state index is 12.7. The molecule has 0 unspecified atom stereocenters. The molecule has 2 amide bonds. The van der Waals surface area contributed by atoms with Crippen LogP contribution in [0.4, 0.5) is 0 Å². The van der Waals surface area contributed by atoms with Crippen LogP contribution in [0, 0.1) is 13.8 Å². The number of ether oxygens (including phenoxy) is 1. The Labute approximate surface area is 161 Å². The smallest absolute Gasteiger partial charge is 0.290 e. The van der Waals surface area contributed by atoms with Gasteiger partial charge in [-0.1, -0.05) is 24.3 Å². The summed E-state index contributed by atoms with van der Waals surface area (Å²) in [6.45, 7) is 3.35. The van der Waals surface area contributed by atoms with Crippen LogP contribution in [0.5, 0.6) is 0 Å². The number of nitrogens with one attached hydrogen (secondary N) is 1. The zero-order valence-electron chi connectivity index (χ0n) is 15.8. The summed E-state index contributed by atoms with van der Waals surface area (Å²) in [5, 5.41) is 17.2. The highest BCUT2D eigenvalue weighted by Crippen LogP contribution is 2.31. The summed E-state index contributed by atoms with van der Waals surface area (Å²) in [5.74, 6) is 0.257. The first-order chi connectivity index (χ1) is 13.4. The molecule has 1 aromatic heterocycles. The van der Waals surface area contributed by atoms with Crippen LogP contribution in [0.2, 0.25) is 0 Å². The van der Waals surface area contributed by atoms with Crippen molar-refractivity contribution in [2.75, 3.05) is 13.7 Å². The van der Waals surface area contributed by atoms with Gasteiger partial charge in [0.05, 0.1) is 12.6 Å². The van der Waals surface area contributed by atoms with E-state index in [1.807, 2.05) is 31.2 Å². The molecule has 0 aliphatic carbocycles. The Bertz CT molecular complexity index is 837. The maximum Gasteiger partial charge on any atom is 0.290 e. The van der Waals surface area contributed by atoms with E-state index in [4.69, 9.17) is 19.1 Å². The van der Waals surface area contributed by atoms with Gasteiger partial charge in [0, 0.05) is 14.0 Å². The average molecular weight is 390 g/mol. The molecule has 2 N–H and O–H groups in total. The van der Waals surface area contributed by atoms with Crippen LogP contribution in [0.1, 0.15) is 29.0 Å². The molecule has 3 rings (SSSR count). The van der Waals surface area contributed by atoms with Crippen molar-refractivity contribution in [2.45, 2.75) is 32.5 Å². The number of aryl methyl sites for hydroxylation is 2. The van der Waals surface area contributed by atoms with Crippen molar-refractivity contribution >= 4 is 18.3 Å². The minimum Gasteiger partial charge on any atom is -0.483 e. The molecule has 2 aromatic rings. The van der Waals surface area contributed by atoms with Crippen molar-refractivity contribution in [2.24, 2.45) is 0 Å². The predicted octanol–water partition coefficient (Wildman–Crippen LogP) is 0.602. The van der Waals surface area contributed by atoms with Gasteiger partial charge in [0.2, 0.25) is 17.7 Å². The Morgan fingerprint density at radius 3 is 2.64 bits per heavy atom. The number of benzene rings is 1. The first-order valence-electron chi connectivity index (χ1n) is 8.46. The molecule has 2 heterocycles. The van der Waals surface area contributed by atoms with Crippen LogP contribution in [0.15, 0.2) is 28.7 Å². The highest BCUT2D eigenvalue weighted by atomic mass is 16.5. The minimum atomic E-state index is -0.812. The summed E-state index contributed by atoms with van der Waals surface area (Å²) >= 11 is 0. The number of hydrogen-bond donors (Lipinski definition) is 2. The second-order valence-corrected chi connectivity index (χ2v) is 6.08. The fourth-order valence-corrected chi connectivity index (χ4v) is 2.89. The third-order valence-corrected chi connectivity index (χ3v) is 4.23. The van der Waals surface area contributed by atoms with E-state index in [2.05, 4.69) is 15.5 Å². The van der Waals surface area contributed by atoms with Crippen LogP contribution in [0.25, 0.3) is 0 Å². The number of aromatic nitrogens is 2. The van der Waals surface area contributed by atoms with Crippen LogP contribution in [0.3, 0.4) is 0 Å². The predicted molar refractivity (Wildman–Crippen MR) is 96.0 cm³/mol.